The Kier molecular flexibility index (Phi) is 4.38. The zero-order valence-corrected chi connectivity index (χ0v) is 12.7. The van der Waals surface area contributed by atoms with Crippen LogP contribution in [0, 0.1) is 0 Å². The highest BCUT2D eigenvalue weighted by Gasteiger charge is 2.23. The Balaban J connectivity index is 1.60. The summed E-state index contributed by atoms with van der Waals surface area (Å²) in [5, 5.41) is 9.53. The lowest BCUT2D eigenvalue weighted by atomic mass is 10.1. The monoisotopic (exact) mass is 319 g/mol. The van der Waals surface area contributed by atoms with Crippen molar-refractivity contribution in [1.29, 1.82) is 0 Å². The van der Waals surface area contributed by atoms with Crippen LogP contribution in [0.3, 0.4) is 0 Å². The fourth-order valence-corrected chi connectivity index (χ4v) is 3.13. The van der Waals surface area contributed by atoms with E-state index in [0.29, 0.717) is 12.4 Å². The smallest absolute Gasteiger partial charge is 0.319 e. The van der Waals surface area contributed by atoms with Crippen molar-refractivity contribution in [3.8, 4) is 0 Å². The zero-order chi connectivity index (χ0) is 15.4. The minimum atomic E-state index is -0.222. The third-order valence-electron chi connectivity index (χ3n) is 3.52. The van der Waals surface area contributed by atoms with E-state index in [1.807, 2.05) is 21.7 Å². The number of thiophene rings is 1. The van der Waals surface area contributed by atoms with E-state index in [0.717, 1.165) is 25.1 Å². The predicted molar refractivity (Wildman–Crippen MR) is 86.6 cm³/mol. The van der Waals surface area contributed by atoms with Crippen LogP contribution in [0.2, 0.25) is 0 Å². The Labute approximate surface area is 131 Å². The van der Waals surface area contributed by atoms with Gasteiger partial charge in [0.1, 0.15) is 0 Å². The molecule has 1 atom stereocenters. The van der Waals surface area contributed by atoms with Gasteiger partial charge < -0.3 is 20.5 Å². The van der Waals surface area contributed by atoms with Gasteiger partial charge in [-0.25, -0.2) is 9.78 Å². The minimum absolute atomic E-state index is 0.00575. The summed E-state index contributed by atoms with van der Waals surface area (Å²) in [4.78, 5) is 32.4. The summed E-state index contributed by atoms with van der Waals surface area (Å²) in [6.07, 6.45) is 4.87. The molecule has 0 aliphatic carbocycles. The van der Waals surface area contributed by atoms with Gasteiger partial charge in [-0.3, -0.25) is 4.79 Å². The zero-order valence-electron chi connectivity index (χ0n) is 11.9. The predicted octanol–water partition coefficient (Wildman–Crippen LogP) is 1.62. The molecule has 116 valence electrons. The molecule has 22 heavy (non-hydrogen) atoms. The lowest BCUT2D eigenvalue weighted by molar-refractivity contribution is 0.246. The molecule has 0 radical (unpaired) electrons. The molecule has 0 saturated carbocycles. The van der Waals surface area contributed by atoms with Crippen molar-refractivity contribution >= 4 is 28.9 Å². The summed E-state index contributed by atoms with van der Waals surface area (Å²) >= 11 is 1.53. The van der Waals surface area contributed by atoms with Gasteiger partial charge in [-0.15, -0.1) is 0 Å². The lowest BCUT2D eigenvalue weighted by Crippen LogP contribution is -2.50. The second kappa shape index (κ2) is 6.61. The first-order valence-electron chi connectivity index (χ1n) is 7.11. The highest BCUT2D eigenvalue weighted by molar-refractivity contribution is 7.08. The van der Waals surface area contributed by atoms with E-state index < -0.39 is 0 Å². The van der Waals surface area contributed by atoms with Crippen molar-refractivity contribution in [3.05, 3.63) is 39.6 Å². The summed E-state index contributed by atoms with van der Waals surface area (Å²) in [5.41, 5.74) is 0.585. The third kappa shape index (κ3) is 3.45. The van der Waals surface area contributed by atoms with Crippen molar-refractivity contribution in [2.45, 2.75) is 18.9 Å². The number of anilines is 2. The van der Waals surface area contributed by atoms with Gasteiger partial charge in [0.2, 0.25) is 0 Å². The number of carbonyl (C=O) groups excluding carboxylic acids is 1. The maximum absolute atomic E-state index is 12.0. The number of piperidine rings is 1. The first-order valence-corrected chi connectivity index (χ1v) is 8.05. The first kappa shape index (κ1) is 14.6. The summed E-state index contributed by atoms with van der Waals surface area (Å²) in [6.45, 7) is 1.35. The highest BCUT2D eigenvalue weighted by atomic mass is 32.1. The molecule has 7 nitrogen and oxygen atoms in total. The molecule has 1 aliphatic heterocycles. The van der Waals surface area contributed by atoms with Gasteiger partial charge in [-0.2, -0.15) is 11.3 Å². The Bertz CT molecular complexity index is 685. The van der Waals surface area contributed by atoms with Gasteiger partial charge in [-0.1, -0.05) is 0 Å². The third-order valence-corrected chi connectivity index (χ3v) is 4.21. The van der Waals surface area contributed by atoms with Crippen molar-refractivity contribution in [2.75, 3.05) is 23.3 Å². The number of carbonyl (C=O) groups is 1. The van der Waals surface area contributed by atoms with E-state index in [1.165, 1.54) is 17.5 Å². The second-order valence-corrected chi connectivity index (χ2v) is 5.92. The van der Waals surface area contributed by atoms with Crippen LogP contribution in [0.5, 0.6) is 0 Å². The van der Waals surface area contributed by atoms with Crippen molar-refractivity contribution in [2.24, 2.45) is 0 Å². The number of nitrogens with one attached hydrogen (secondary N) is 3. The van der Waals surface area contributed by atoms with Crippen LogP contribution in [0.25, 0.3) is 0 Å². The van der Waals surface area contributed by atoms with E-state index in [4.69, 9.17) is 0 Å². The van der Waals surface area contributed by atoms with Gasteiger partial charge in [0.25, 0.3) is 5.56 Å². The molecule has 2 aromatic rings. The standard InChI is InChI=1S/C14H17N5O2S/c20-13-12(15-4-5-16-13)19-6-1-2-10(8-19)17-14(21)18-11-3-7-22-9-11/h3-5,7,9-10H,1-2,6,8H2,(H,16,20)(H2,17,18,21)/t10-/m1/s1. The van der Waals surface area contributed by atoms with Crippen LogP contribution in [0.4, 0.5) is 16.3 Å². The van der Waals surface area contributed by atoms with E-state index in [-0.39, 0.29) is 17.6 Å². The molecule has 3 N–H and O–H groups in total. The van der Waals surface area contributed by atoms with Crippen LogP contribution >= 0.6 is 11.3 Å². The molecule has 0 bridgehead atoms. The summed E-state index contributed by atoms with van der Waals surface area (Å²) in [7, 11) is 0. The molecule has 0 unspecified atom stereocenters. The summed E-state index contributed by atoms with van der Waals surface area (Å²) in [5.74, 6) is 0.409. The number of aromatic nitrogens is 2. The number of hydrogen-bond acceptors (Lipinski definition) is 5. The summed E-state index contributed by atoms with van der Waals surface area (Å²) < 4.78 is 0. The first-order chi connectivity index (χ1) is 10.7. The van der Waals surface area contributed by atoms with Crippen molar-refractivity contribution in [1.82, 2.24) is 15.3 Å². The molecule has 3 rings (SSSR count). The molecular formula is C14H17N5O2S. The molecule has 3 heterocycles. The number of rotatable bonds is 3. The van der Waals surface area contributed by atoms with E-state index in [2.05, 4.69) is 20.6 Å². The Morgan fingerprint density at radius 1 is 1.50 bits per heavy atom. The molecule has 2 aromatic heterocycles. The summed E-state index contributed by atoms with van der Waals surface area (Å²) in [6, 6.07) is 1.62. The molecule has 1 saturated heterocycles. The molecule has 0 aromatic carbocycles. The van der Waals surface area contributed by atoms with Gasteiger partial charge >= 0.3 is 6.03 Å². The fourth-order valence-electron chi connectivity index (χ4n) is 2.54. The molecule has 1 fully saturated rings. The molecule has 8 heteroatoms. The maximum Gasteiger partial charge on any atom is 0.319 e. The molecule has 2 amide bonds. The van der Waals surface area contributed by atoms with E-state index in [9.17, 15) is 9.59 Å². The van der Waals surface area contributed by atoms with E-state index >= 15 is 0 Å². The van der Waals surface area contributed by atoms with Crippen LogP contribution in [0.1, 0.15) is 12.8 Å². The Morgan fingerprint density at radius 3 is 3.18 bits per heavy atom. The largest absolute Gasteiger partial charge is 0.350 e. The van der Waals surface area contributed by atoms with Gasteiger partial charge in [-0.05, 0) is 24.3 Å². The number of hydrogen-bond donors (Lipinski definition) is 3. The molecule has 0 spiro atoms. The quantitative estimate of drug-likeness (QED) is 0.802. The highest BCUT2D eigenvalue weighted by Crippen LogP contribution is 2.15. The lowest BCUT2D eigenvalue weighted by Gasteiger charge is -2.33. The molecule has 1 aliphatic rings. The number of urea groups is 1. The number of aromatic amines is 1. The number of amides is 2. The normalized spacial score (nSPS) is 18.0. The Hall–Kier alpha value is -2.35. The number of H-pyrrole nitrogens is 1. The average molecular weight is 319 g/mol. The average Bonchev–Trinajstić information content (AvgIpc) is 3.00. The van der Waals surface area contributed by atoms with Crippen LogP contribution in [0.15, 0.2) is 34.0 Å². The van der Waals surface area contributed by atoms with E-state index in [1.54, 1.807) is 6.20 Å². The second-order valence-electron chi connectivity index (χ2n) is 5.14. The van der Waals surface area contributed by atoms with Crippen molar-refractivity contribution < 1.29 is 4.79 Å². The topological polar surface area (TPSA) is 90.1 Å². The van der Waals surface area contributed by atoms with Crippen LogP contribution in [-0.4, -0.2) is 35.1 Å². The fraction of sp³-hybridized carbons (Fsp3) is 0.357. The maximum atomic E-state index is 12.0. The number of nitrogens with zero attached hydrogens (tertiary/aromatic N) is 2. The molecular weight excluding hydrogens is 302 g/mol. The van der Waals surface area contributed by atoms with Gasteiger partial charge in [0.15, 0.2) is 5.82 Å². The van der Waals surface area contributed by atoms with Crippen LogP contribution in [-0.2, 0) is 0 Å². The Morgan fingerprint density at radius 2 is 2.41 bits per heavy atom. The minimum Gasteiger partial charge on any atom is -0.350 e. The van der Waals surface area contributed by atoms with Gasteiger partial charge in [0.05, 0.1) is 5.69 Å². The van der Waals surface area contributed by atoms with Gasteiger partial charge in [0, 0.05) is 36.9 Å². The van der Waals surface area contributed by atoms with Crippen LogP contribution < -0.4 is 21.1 Å². The SMILES string of the molecule is O=C(Nc1ccsc1)N[C@@H]1CCCN(c2ncc[nH]c2=O)C1. The van der Waals surface area contributed by atoms with Crippen molar-refractivity contribution in [3.63, 3.8) is 0 Å².